The van der Waals surface area contributed by atoms with Crippen LogP contribution < -0.4 is 10.6 Å². The molecule has 2 fully saturated rings. The van der Waals surface area contributed by atoms with Crippen molar-refractivity contribution in [3.05, 3.63) is 15.6 Å². The number of thiazole rings is 1. The van der Waals surface area contributed by atoms with Crippen molar-refractivity contribution in [2.75, 3.05) is 46.4 Å². The fourth-order valence-corrected chi connectivity index (χ4v) is 5.36. The van der Waals surface area contributed by atoms with Crippen molar-refractivity contribution in [1.82, 2.24) is 20.5 Å². The van der Waals surface area contributed by atoms with Gasteiger partial charge in [0.2, 0.25) is 0 Å². The summed E-state index contributed by atoms with van der Waals surface area (Å²) in [7, 11) is 1.86. The first-order valence-electron chi connectivity index (χ1n) is 10.3. The molecule has 2 aliphatic rings. The fourth-order valence-electron chi connectivity index (χ4n) is 4.42. The van der Waals surface area contributed by atoms with E-state index in [-0.39, 0.29) is 5.54 Å². The number of hydrogen-bond acceptors (Lipinski definition) is 5. The monoisotopic (exact) mass is 393 g/mol. The van der Waals surface area contributed by atoms with Crippen LogP contribution in [0, 0.1) is 13.8 Å². The molecule has 6 nitrogen and oxygen atoms in total. The lowest BCUT2D eigenvalue weighted by Gasteiger charge is -2.48. The Balaban J connectivity index is 1.52. The Morgan fingerprint density at radius 3 is 2.56 bits per heavy atom. The second-order valence-electron chi connectivity index (χ2n) is 7.73. The Labute approximate surface area is 167 Å². The van der Waals surface area contributed by atoms with Crippen LogP contribution in [0.15, 0.2) is 4.99 Å². The Hall–Kier alpha value is -1.18. The Morgan fingerprint density at radius 1 is 1.19 bits per heavy atom. The SMILES string of the molecule is CN=C(NCCc1sc(C)nc1C)NCC1(N2CCOCC2)CCCCC1. The van der Waals surface area contributed by atoms with Crippen molar-refractivity contribution in [3.63, 3.8) is 0 Å². The summed E-state index contributed by atoms with van der Waals surface area (Å²) in [6, 6.07) is 0. The van der Waals surface area contributed by atoms with Gasteiger partial charge in [-0.2, -0.15) is 0 Å². The topological polar surface area (TPSA) is 61.8 Å². The number of aliphatic imine (C=N–C) groups is 1. The first-order chi connectivity index (χ1) is 13.1. The lowest BCUT2D eigenvalue weighted by molar-refractivity contribution is -0.0352. The molecule has 0 bridgehead atoms. The molecular formula is C20H35N5OS. The minimum absolute atomic E-state index is 0.255. The molecule has 2 heterocycles. The molecule has 152 valence electrons. The zero-order valence-corrected chi connectivity index (χ0v) is 18.0. The highest BCUT2D eigenvalue weighted by atomic mass is 32.1. The number of guanidine groups is 1. The third-order valence-corrected chi connectivity index (χ3v) is 7.05. The van der Waals surface area contributed by atoms with E-state index < -0.39 is 0 Å². The standard InChI is InChI=1S/C20H35N5OS/c1-16-18(27-17(2)24-16)7-10-22-19(21-3)23-15-20(8-5-4-6-9-20)25-11-13-26-14-12-25/h4-15H2,1-3H3,(H2,21,22,23). The molecule has 1 aromatic rings. The first-order valence-corrected chi connectivity index (χ1v) is 11.1. The summed E-state index contributed by atoms with van der Waals surface area (Å²) in [6.45, 7) is 9.85. The molecule has 0 amide bonds. The van der Waals surface area contributed by atoms with Gasteiger partial charge in [-0.15, -0.1) is 11.3 Å². The Morgan fingerprint density at radius 2 is 1.93 bits per heavy atom. The average Bonchev–Trinajstić information content (AvgIpc) is 3.03. The number of aryl methyl sites for hydroxylation is 2. The van der Waals surface area contributed by atoms with E-state index in [0.717, 1.165) is 62.5 Å². The van der Waals surface area contributed by atoms with Gasteiger partial charge in [0.15, 0.2) is 5.96 Å². The second kappa shape index (κ2) is 9.85. The predicted molar refractivity (Wildman–Crippen MR) is 113 cm³/mol. The average molecular weight is 394 g/mol. The van der Waals surface area contributed by atoms with Gasteiger partial charge in [0.25, 0.3) is 0 Å². The quantitative estimate of drug-likeness (QED) is 0.574. The summed E-state index contributed by atoms with van der Waals surface area (Å²) < 4.78 is 5.59. The predicted octanol–water partition coefficient (Wildman–Crippen LogP) is 2.50. The number of rotatable bonds is 6. The molecule has 7 heteroatoms. The summed E-state index contributed by atoms with van der Waals surface area (Å²) in [5.74, 6) is 0.909. The minimum Gasteiger partial charge on any atom is -0.379 e. The van der Waals surface area contributed by atoms with E-state index in [4.69, 9.17) is 4.74 Å². The number of hydrogen-bond donors (Lipinski definition) is 2. The zero-order valence-electron chi connectivity index (χ0n) is 17.1. The third kappa shape index (κ3) is 5.42. The van der Waals surface area contributed by atoms with Gasteiger partial charge in [-0.05, 0) is 26.7 Å². The van der Waals surface area contributed by atoms with Crippen LogP contribution in [0.25, 0.3) is 0 Å². The van der Waals surface area contributed by atoms with E-state index in [0.29, 0.717) is 0 Å². The van der Waals surface area contributed by atoms with Gasteiger partial charge in [0.05, 0.1) is 23.9 Å². The van der Waals surface area contributed by atoms with E-state index in [1.807, 2.05) is 7.05 Å². The summed E-state index contributed by atoms with van der Waals surface area (Å²) in [4.78, 5) is 13.0. The highest BCUT2D eigenvalue weighted by Crippen LogP contribution is 2.33. The first kappa shape index (κ1) is 20.6. The number of aromatic nitrogens is 1. The molecule has 3 rings (SSSR count). The number of nitrogens with one attached hydrogen (secondary N) is 2. The van der Waals surface area contributed by atoms with Gasteiger partial charge in [0, 0.05) is 50.1 Å². The van der Waals surface area contributed by atoms with Gasteiger partial charge in [0.1, 0.15) is 0 Å². The van der Waals surface area contributed by atoms with Crippen molar-refractivity contribution < 1.29 is 4.74 Å². The number of morpholine rings is 1. The molecule has 0 spiro atoms. The molecule has 0 atom stereocenters. The molecule has 0 aromatic carbocycles. The van der Waals surface area contributed by atoms with Crippen LogP contribution in [0.3, 0.4) is 0 Å². The van der Waals surface area contributed by atoms with Crippen molar-refractivity contribution in [2.24, 2.45) is 4.99 Å². The van der Waals surface area contributed by atoms with E-state index in [1.165, 1.54) is 37.0 Å². The van der Waals surface area contributed by atoms with Gasteiger partial charge >= 0.3 is 0 Å². The Bertz CT molecular complexity index is 618. The van der Waals surface area contributed by atoms with Crippen molar-refractivity contribution in [1.29, 1.82) is 0 Å². The van der Waals surface area contributed by atoms with Crippen LogP contribution in [0.4, 0.5) is 0 Å². The second-order valence-corrected chi connectivity index (χ2v) is 9.02. The molecule has 1 aromatic heterocycles. The molecule has 0 unspecified atom stereocenters. The van der Waals surface area contributed by atoms with Crippen LogP contribution in [0.1, 0.15) is 47.7 Å². The van der Waals surface area contributed by atoms with Crippen LogP contribution in [-0.2, 0) is 11.2 Å². The summed E-state index contributed by atoms with van der Waals surface area (Å²) in [5, 5.41) is 8.26. The molecule has 1 saturated carbocycles. The minimum atomic E-state index is 0.255. The lowest BCUT2D eigenvalue weighted by atomic mass is 9.80. The van der Waals surface area contributed by atoms with Gasteiger partial charge in [-0.3, -0.25) is 9.89 Å². The maximum absolute atomic E-state index is 5.59. The highest BCUT2D eigenvalue weighted by molar-refractivity contribution is 7.11. The van der Waals surface area contributed by atoms with Crippen LogP contribution in [-0.4, -0.2) is 67.8 Å². The fraction of sp³-hybridized carbons (Fsp3) is 0.800. The van der Waals surface area contributed by atoms with Crippen LogP contribution >= 0.6 is 11.3 Å². The summed E-state index contributed by atoms with van der Waals surface area (Å²) >= 11 is 1.80. The van der Waals surface area contributed by atoms with E-state index >= 15 is 0 Å². The van der Waals surface area contributed by atoms with E-state index in [1.54, 1.807) is 11.3 Å². The summed E-state index contributed by atoms with van der Waals surface area (Å²) in [5.41, 5.74) is 1.42. The van der Waals surface area contributed by atoms with Crippen molar-refractivity contribution in [3.8, 4) is 0 Å². The van der Waals surface area contributed by atoms with Crippen molar-refractivity contribution in [2.45, 2.75) is 57.9 Å². The van der Waals surface area contributed by atoms with E-state index in [2.05, 4.69) is 39.4 Å². The maximum Gasteiger partial charge on any atom is 0.191 e. The number of ether oxygens (including phenoxy) is 1. The Kier molecular flexibility index (Phi) is 7.49. The maximum atomic E-state index is 5.59. The van der Waals surface area contributed by atoms with Crippen LogP contribution in [0.5, 0.6) is 0 Å². The van der Waals surface area contributed by atoms with E-state index in [9.17, 15) is 0 Å². The van der Waals surface area contributed by atoms with Gasteiger partial charge in [-0.25, -0.2) is 4.98 Å². The molecule has 1 saturated heterocycles. The third-order valence-electron chi connectivity index (χ3n) is 5.92. The van der Waals surface area contributed by atoms with Crippen molar-refractivity contribution >= 4 is 17.3 Å². The highest BCUT2D eigenvalue weighted by Gasteiger charge is 2.38. The zero-order chi connectivity index (χ0) is 19.1. The van der Waals surface area contributed by atoms with Crippen LogP contribution in [0.2, 0.25) is 0 Å². The molecule has 1 aliphatic carbocycles. The molecule has 0 radical (unpaired) electrons. The van der Waals surface area contributed by atoms with Gasteiger partial charge < -0.3 is 15.4 Å². The largest absolute Gasteiger partial charge is 0.379 e. The number of nitrogens with zero attached hydrogens (tertiary/aromatic N) is 3. The molecule has 27 heavy (non-hydrogen) atoms. The van der Waals surface area contributed by atoms with Gasteiger partial charge in [-0.1, -0.05) is 19.3 Å². The lowest BCUT2D eigenvalue weighted by Crippen LogP contribution is -2.60. The summed E-state index contributed by atoms with van der Waals surface area (Å²) in [6.07, 6.45) is 7.57. The molecule has 1 aliphatic heterocycles. The normalized spacial score (nSPS) is 21.2. The smallest absolute Gasteiger partial charge is 0.191 e. The molecule has 2 N–H and O–H groups in total. The molecular weight excluding hydrogens is 358 g/mol.